The van der Waals surface area contributed by atoms with E-state index in [1.54, 1.807) is 6.07 Å². The Balaban J connectivity index is 1.97. The number of hydrogen-bond donors (Lipinski definition) is 1. The summed E-state index contributed by atoms with van der Waals surface area (Å²) in [5, 5.41) is 9.09. The second-order valence-electron chi connectivity index (χ2n) is 4.47. The summed E-state index contributed by atoms with van der Waals surface area (Å²) in [6.45, 7) is 0.764. The lowest BCUT2D eigenvalue weighted by atomic mass is 9.97. The van der Waals surface area contributed by atoms with Crippen LogP contribution in [0.3, 0.4) is 0 Å². The number of fused-ring (bicyclic) bond motifs is 3. The predicted octanol–water partition coefficient (Wildman–Crippen LogP) is 1.66. The monoisotopic (exact) mass is 221 g/mol. The van der Waals surface area contributed by atoms with Crippen LogP contribution in [0, 0.1) is 11.7 Å². The first-order chi connectivity index (χ1) is 7.66. The van der Waals surface area contributed by atoms with Crippen LogP contribution in [0.5, 0.6) is 0 Å². The molecule has 1 fully saturated rings. The van der Waals surface area contributed by atoms with Gasteiger partial charge in [0.1, 0.15) is 5.82 Å². The van der Waals surface area contributed by atoms with Gasteiger partial charge in [0.05, 0.1) is 5.92 Å². The van der Waals surface area contributed by atoms with Crippen molar-refractivity contribution in [2.75, 3.05) is 11.4 Å². The minimum absolute atomic E-state index is 0.0225. The average molecular weight is 221 g/mol. The van der Waals surface area contributed by atoms with Gasteiger partial charge in [-0.2, -0.15) is 0 Å². The van der Waals surface area contributed by atoms with Crippen LogP contribution in [0.1, 0.15) is 12.0 Å². The van der Waals surface area contributed by atoms with Crippen LogP contribution in [-0.2, 0) is 11.2 Å². The van der Waals surface area contributed by atoms with E-state index < -0.39 is 5.97 Å². The Bertz CT molecular complexity index is 460. The van der Waals surface area contributed by atoms with E-state index in [4.69, 9.17) is 5.11 Å². The van der Waals surface area contributed by atoms with Crippen molar-refractivity contribution in [3.63, 3.8) is 0 Å². The number of carboxylic acids is 1. The Morgan fingerprint density at radius 2 is 2.31 bits per heavy atom. The molecule has 0 bridgehead atoms. The number of aliphatic carboxylic acids is 1. The Hall–Kier alpha value is -1.58. The fraction of sp³-hybridized carbons (Fsp3) is 0.417. The number of anilines is 1. The van der Waals surface area contributed by atoms with Gasteiger partial charge in [0.2, 0.25) is 0 Å². The number of hydrogen-bond acceptors (Lipinski definition) is 2. The highest BCUT2D eigenvalue weighted by Gasteiger charge is 2.43. The van der Waals surface area contributed by atoms with Gasteiger partial charge in [0.25, 0.3) is 0 Å². The zero-order valence-corrected chi connectivity index (χ0v) is 8.69. The number of carbonyl (C=O) groups is 1. The molecular formula is C12H12FNO2. The lowest BCUT2D eigenvalue weighted by molar-refractivity contribution is -0.141. The molecule has 0 aliphatic carbocycles. The van der Waals surface area contributed by atoms with Gasteiger partial charge in [-0.05, 0) is 36.6 Å². The van der Waals surface area contributed by atoms with Gasteiger partial charge >= 0.3 is 5.97 Å². The number of nitrogens with zero attached hydrogens (tertiary/aromatic N) is 1. The second kappa shape index (κ2) is 3.20. The van der Waals surface area contributed by atoms with Crippen molar-refractivity contribution in [2.24, 2.45) is 5.92 Å². The van der Waals surface area contributed by atoms with E-state index >= 15 is 0 Å². The van der Waals surface area contributed by atoms with Crippen molar-refractivity contribution in [1.29, 1.82) is 0 Å². The summed E-state index contributed by atoms with van der Waals surface area (Å²) in [7, 11) is 0. The molecule has 0 aromatic heterocycles. The van der Waals surface area contributed by atoms with Gasteiger partial charge in [0.15, 0.2) is 0 Å². The van der Waals surface area contributed by atoms with E-state index in [0.717, 1.165) is 17.8 Å². The SMILES string of the molecule is O=C(O)C1CCN2c3ccc(F)cc3CC12. The van der Waals surface area contributed by atoms with Gasteiger partial charge in [0, 0.05) is 18.3 Å². The molecule has 2 heterocycles. The van der Waals surface area contributed by atoms with Crippen molar-refractivity contribution < 1.29 is 14.3 Å². The van der Waals surface area contributed by atoms with E-state index in [1.165, 1.54) is 12.1 Å². The molecule has 1 N–H and O–H groups in total. The predicted molar refractivity (Wildman–Crippen MR) is 57.0 cm³/mol. The van der Waals surface area contributed by atoms with E-state index in [-0.39, 0.29) is 17.8 Å². The lowest BCUT2D eigenvalue weighted by Crippen LogP contribution is -2.32. The minimum atomic E-state index is -0.735. The molecule has 2 aliphatic rings. The van der Waals surface area contributed by atoms with Crippen molar-refractivity contribution in [1.82, 2.24) is 0 Å². The number of benzene rings is 1. The van der Waals surface area contributed by atoms with Gasteiger partial charge in [-0.1, -0.05) is 0 Å². The molecule has 2 unspecified atom stereocenters. The van der Waals surface area contributed by atoms with Gasteiger partial charge in [-0.15, -0.1) is 0 Å². The fourth-order valence-corrected chi connectivity index (χ4v) is 2.92. The normalized spacial score (nSPS) is 26.7. The molecule has 16 heavy (non-hydrogen) atoms. The Morgan fingerprint density at radius 1 is 1.50 bits per heavy atom. The summed E-state index contributed by atoms with van der Waals surface area (Å²) in [5.74, 6) is -1.29. The molecule has 84 valence electrons. The van der Waals surface area contributed by atoms with Crippen LogP contribution in [0.2, 0.25) is 0 Å². The summed E-state index contributed by atoms with van der Waals surface area (Å²) >= 11 is 0. The molecule has 1 aromatic carbocycles. The quantitative estimate of drug-likeness (QED) is 0.784. The fourth-order valence-electron chi connectivity index (χ4n) is 2.92. The number of halogens is 1. The standard InChI is InChI=1S/C12H12FNO2/c13-8-1-2-10-7(5-8)6-11-9(12(15)16)3-4-14(10)11/h1-2,5,9,11H,3-4,6H2,(H,15,16). The third-order valence-corrected chi connectivity index (χ3v) is 3.64. The van der Waals surface area contributed by atoms with Gasteiger partial charge in [-0.3, -0.25) is 4.79 Å². The van der Waals surface area contributed by atoms with Gasteiger partial charge in [-0.25, -0.2) is 4.39 Å². The van der Waals surface area contributed by atoms with Gasteiger partial charge < -0.3 is 10.0 Å². The molecule has 0 radical (unpaired) electrons. The van der Waals surface area contributed by atoms with Crippen LogP contribution >= 0.6 is 0 Å². The molecular weight excluding hydrogens is 209 g/mol. The smallest absolute Gasteiger partial charge is 0.308 e. The van der Waals surface area contributed by atoms with E-state index in [0.29, 0.717) is 12.8 Å². The topological polar surface area (TPSA) is 40.5 Å². The van der Waals surface area contributed by atoms with E-state index in [2.05, 4.69) is 4.90 Å². The summed E-state index contributed by atoms with van der Waals surface area (Å²) in [5.41, 5.74) is 1.95. The zero-order chi connectivity index (χ0) is 11.3. The molecule has 0 saturated carbocycles. The summed E-state index contributed by atoms with van der Waals surface area (Å²) < 4.78 is 13.1. The molecule has 0 spiro atoms. The van der Waals surface area contributed by atoms with Crippen molar-refractivity contribution in [3.8, 4) is 0 Å². The highest BCUT2D eigenvalue weighted by Crippen LogP contribution is 2.40. The largest absolute Gasteiger partial charge is 0.481 e. The zero-order valence-electron chi connectivity index (χ0n) is 8.69. The molecule has 1 aromatic rings. The second-order valence-corrected chi connectivity index (χ2v) is 4.47. The minimum Gasteiger partial charge on any atom is -0.481 e. The highest BCUT2D eigenvalue weighted by molar-refractivity contribution is 5.75. The molecule has 3 nitrogen and oxygen atoms in total. The van der Waals surface area contributed by atoms with Crippen LogP contribution < -0.4 is 4.90 Å². The molecule has 2 aliphatic heterocycles. The first kappa shape index (κ1) is 9.63. The first-order valence-electron chi connectivity index (χ1n) is 5.44. The Labute approximate surface area is 92.5 Å². The van der Waals surface area contributed by atoms with Crippen molar-refractivity contribution in [3.05, 3.63) is 29.6 Å². The first-order valence-corrected chi connectivity index (χ1v) is 5.44. The van der Waals surface area contributed by atoms with E-state index in [9.17, 15) is 9.18 Å². The average Bonchev–Trinajstić information content (AvgIpc) is 2.74. The third-order valence-electron chi connectivity index (χ3n) is 3.64. The van der Waals surface area contributed by atoms with Crippen LogP contribution in [0.25, 0.3) is 0 Å². The summed E-state index contributed by atoms with van der Waals surface area (Å²) in [6.07, 6.45) is 1.35. The molecule has 3 rings (SSSR count). The highest BCUT2D eigenvalue weighted by atomic mass is 19.1. The number of rotatable bonds is 1. The van der Waals surface area contributed by atoms with Crippen LogP contribution in [-0.4, -0.2) is 23.7 Å². The van der Waals surface area contributed by atoms with Crippen molar-refractivity contribution >= 4 is 11.7 Å². The summed E-state index contributed by atoms with van der Waals surface area (Å²) in [6, 6.07) is 4.74. The lowest BCUT2D eigenvalue weighted by Gasteiger charge is -2.20. The molecule has 1 saturated heterocycles. The maximum absolute atomic E-state index is 13.1. The Kier molecular flexibility index (Phi) is 1.93. The summed E-state index contributed by atoms with van der Waals surface area (Å²) in [4.78, 5) is 13.2. The number of carboxylic acid groups (broad SMARTS) is 1. The van der Waals surface area contributed by atoms with Crippen LogP contribution in [0.4, 0.5) is 10.1 Å². The third kappa shape index (κ3) is 1.22. The molecule has 2 atom stereocenters. The maximum Gasteiger partial charge on any atom is 0.308 e. The Morgan fingerprint density at radius 3 is 3.06 bits per heavy atom. The van der Waals surface area contributed by atoms with Crippen molar-refractivity contribution in [2.45, 2.75) is 18.9 Å². The maximum atomic E-state index is 13.1. The molecule has 4 heteroatoms. The van der Waals surface area contributed by atoms with E-state index in [1.807, 2.05) is 0 Å². The molecule has 0 amide bonds. The van der Waals surface area contributed by atoms with Crippen LogP contribution in [0.15, 0.2) is 18.2 Å².